The van der Waals surface area contributed by atoms with E-state index in [0.717, 1.165) is 6.42 Å². The second-order valence-electron chi connectivity index (χ2n) is 5.70. The Morgan fingerprint density at radius 2 is 2.15 bits per heavy atom. The smallest absolute Gasteiger partial charge is 0.261 e. The van der Waals surface area contributed by atoms with E-state index in [2.05, 4.69) is 10.1 Å². The lowest BCUT2D eigenvalue weighted by Crippen LogP contribution is -2.34. The third-order valence-corrected chi connectivity index (χ3v) is 4.46. The maximum atomic E-state index is 11.9. The van der Waals surface area contributed by atoms with Crippen LogP contribution in [0.5, 0.6) is 0 Å². The molecule has 7 heteroatoms. The van der Waals surface area contributed by atoms with E-state index in [1.54, 1.807) is 0 Å². The number of hydrogen-bond acceptors (Lipinski definition) is 5. The molecule has 4 unspecified atom stereocenters. The maximum absolute atomic E-state index is 11.9. The van der Waals surface area contributed by atoms with E-state index in [0.29, 0.717) is 30.0 Å². The normalized spacial score (nSPS) is 32.4. The van der Waals surface area contributed by atoms with E-state index >= 15 is 0 Å². The molecule has 0 aliphatic heterocycles. The summed E-state index contributed by atoms with van der Waals surface area (Å²) in [5.41, 5.74) is 6.22. The number of ether oxygens (including phenoxy) is 1. The first kappa shape index (κ1) is 13.9. The minimum absolute atomic E-state index is 0.108. The second kappa shape index (κ2) is 5.73. The lowest BCUT2D eigenvalue weighted by molar-refractivity contribution is 0.0182. The van der Waals surface area contributed by atoms with Gasteiger partial charge in [0.15, 0.2) is 5.82 Å². The number of aromatic nitrogens is 2. The number of nitrogens with zero attached hydrogens (tertiary/aromatic N) is 2. The topological polar surface area (TPSA) is 74.2 Å². The van der Waals surface area contributed by atoms with Crippen LogP contribution in [0.15, 0.2) is 4.52 Å². The molecule has 3 rings (SSSR count). The molecule has 2 aliphatic rings. The van der Waals surface area contributed by atoms with Crippen LogP contribution in [0.25, 0.3) is 0 Å². The molecule has 112 valence electrons. The van der Waals surface area contributed by atoms with Gasteiger partial charge >= 0.3 is 0 Å². The van der Waals surface area contributed by atoms with Gasteiger partial charge in [0.1, 0.15) is 6.61 Å². The molecule has 2 aliphatic carbocycles. The van der Waals surface area contributed by atoms with Crippen molar-refractivity contribution in [3.63, 3.8) is 0 Å². The summed E-state index contributed by atoms with van der Waals surface area (Å²) >= 11 is 0. The van der Waals surface area contributed by atoms with Gasteiger partial charge in [0.25, 0.3) is 6.43 Å². The molecule has 2 saturated carbocycles. The lowest BCUT2D eigenvalue weighted by atomic mass is 9.85. The van der Waals surface area contributed by atoms with Crippen LogP contribution in [-0.4, -0.2) is 35.8 Å². The first-order valence-corrected chi connectivity index (χ1v) is 7.09. The van der Waals surface area contributed by atoms with Crippen molar-refractivity contribution in [1.29, 1.82) is 0 Å². The Balaban J connectivity index is 1.54. The number of nitrogens with two attached hydrogens (primary N) is 1. The average Bonchev–Trinajstić information content (AvgIpc) is 3.09. The highest BCUT2D eigenvalue weighted by Gasteiger charge is 2.48. The molecule has 0 aromatic carbocycles. The zero-order valence-electron chi connectivity index (χ0n) is 11.2. The first-order valence-electron chi connectivity index (χ1n) is 7.09. The van der Waals surface area contributed by atoms with Gasteiger partial charge in [-0.2, -0.15) is 4.98 Å². The zero-order valence-corrected chi connectivity index (χ0v) is 11.2. The highest BCUT2D eigenvalue weighted by atomic mass is 19.3. The molecule has 4 atom stereocenters. The Morgan fingerprint density at radius 1 is 1.35 bits per heavy atom. The Bertz CT molecular complexity index is 453. The van der Waals surface area contributed by atoms with Crippen molar-refractivity contribution in [2.45, 2.75) is 44.1 Å². The van der Waals surface area contributed by atoms with Gasteiger partial charge in [-0.1, -0.05) is 5.16 Å². The van der Waals surface area contributed by atoms with Crippen molar-refractivity contribution in [2.75, 3.05) is 13.2 Å². The Kier molecular flexibility index (Phi) is 3.98. The van der Waals surface area contributed by atoms with Gasteiger partial charge in [-0.15, -0.1) is 0 Å². The molecular weight excluding hydrogens is 268 g/mol. The molecule has 2 N–H and O–H groups in total. The van der Waals surface area contributed by atoms with E-state index < -0.39 is 13.0 Å². The monoisotopic (exact) mass is 287 g/mol. The van der Waals surface area contributed by atoms with Crippen molar-refractivity contribution in [2.24, 2.45) is 17.6 Å². The zero-order chi connectivity index (χ0) is 14.1. The van der Waals surface area contributed by atoms with Gasteiger partial charge in [-0.05, 0) is 31.1 Å². The second-order valence-corrected chi connectivity index (χ2v) is 5.70. The minimum atomic E-state index is -2.44. The molecule has 0 spiro atoms. The molecule has 2 bridgehead atoms. The highest BCUT2D eigenvalue weighted by Crippen LogP contribution is 2.51. The first-order chi connectivity index (χ1) is 9.65. The number of halogens is 2. The standard InChI is InChI=1S/C13H19F2N3O2/c14-9(15)6-19-4-3-10-17-13(20-18-10)11-7-1-2-8(5-7)12(11)16/h7-9,11-12H,1-6,16H2. The van der Waals surface area contributed by atoms with E-state index in [4.69, 9.17) is 15.0 Å². The summed E-state index contributed by atoms with van der Waals surface area (Å²) < 4.78 is 33.9. The summed E-state index contributed by atoms with van der Waals surface area (Å²) in [5.74, 6) is 2.41. The van der Waals surface area contributed by atoms with Crippen LogP contribution in [0.1, 0.15) is 36.9 Å². The molecule has 1 heterocycles. The SMILES string of the molecule is NC1C2CCC(C2)C1c1nc(CCOCC(F)F)no1. The molecule has 5 nitrogen and oxygen atoms in total. The largest absolute Gasteiger partial charge is 0.375 e. The molecule has 0 radical (unpaired) electrons. The molecule has 0 saturated heterocycles. The number of alkyl halides is 2. The Morgan fingerprint density at radius 3 is 2.85 bits per heavy atom. The summed E-state index contributed by atoms with van der Waals surface area (Å²) in [5, 5.41) is 3.89. The molecule has 1 aromatic rings. The third-order valence-electron chi connectivity index (χ3n) is 4.46. The van der Waals surface area contributed by atoms with E-state index in [1.807, 2.05) is 0 Å². The average molecular weight is 287 g/mol. The van der Waals surface area contributed by atoms with E-state index in [-0.39, 0.29) is 18.6 Å². The van der Waals surface area contributed by atoms with Gasteiger partial charge in [-0.25, -0.2) is 8.78 Å². The summed E-state index contributed by atoms with van der Waals surface area (Å²) in [6.07, 6.45) is 1.47. The molecule has 2 fully saturated rings. The highest BCUT2D eigenvalue weighted by molar-refractivity contribution is 5.11. The van der Waals surface area contributed by atoms with E-state index in [9.17, 15) is 8.78 Å². The molecular formula is C13H19F2N3O2. The fourth-order valence-electron chi connectivity index (χ4n) is 3.54. The predicted molar refractivity (Wildman–Crippen MR) is 66.4 cm³/mol. The van der Waals surface area contributed by atoms with Crippen LogP contribution in [0, 0.1) is 11.8 Å². The summed E-state index contributed by atoms with van der Waals surface area (Å²) in [6.45, 7) is -0.381. The fourth-order valence-corrected chi connectivity index (χ4v) is 3.54. The third kappa shape index (κ3) is 2.69. The van der Waals surface area contributed by atoms with Gasteiger partial charge in [0, 0.05) is 12.5 Å². The molecule has 0 amide bonds. The van der Waals surface area contributed by atoms with Gasteiger partial charge in [0.2, 0.25) is 5.89 Å². The Hall–Kier alpha value is -1.08. The van der Waals surface area contributed by atoms with Crippen LogP contribution < -0.4 is 5.73 Å². The fraction of sp³-hybridized carbons (Fsp3) is 0.846. The number of hydrogen-bond donors (Lipinski definition) is 1. The van der Waals surface area contributed by atoms with Crippen LogP contribution in [0.4, 0.5) is 8.78 Å². The van der Waals surface area contributed by atoms with Crippen LogP contribution >= 0.6 is 0 Å². The number of rotatable bonds is 6. The van der Waals surface area contributed by atoms with Gasteiger partial charge < -0.3 is 15.0 Å². The van der Waals surface area contributed by atoms with Crippen LogP contribution in [-0.2, 0) is 11.2 Å². The van der Waals surface area contributed by atoms with Gasteiger partial charge in [-0.3, -0.25) is 0 Å². The van der Waals surface area contributed by atoms with Crippen molar-refractivity contribution >= 4 is 0 Å². The number of fused-ring (bicyclic) bond motifs is 2. The lowest BCUT2D eigenvalue weighted by Gasteiger charge is -2.24. The van der Waals surface area contributed by atoms with Crippen molar-refractivity contribution in [3.8, 4) is 0 Å². The Labute approximate surface area is 115 Å². The summed E-state index contributed by atoms with van der Waals surface area (Å²) in [6, 6.07) is 0.108. The minimum Gasteiger partial charge on any atom is -0.375 e. The predicted octanol–water partition coefficient (Wildman–Crippen LogP) is 1.73. The summed E-state index contributed by atoms with van der Waals surface area (Å²) in [7, 11) is 0. The van der Waals surface area contributed by atoms with Gasteiger partial charge in [0.05, 0.1) is 12.5 Å². The van der Waals surface area contributed by atoms with Crippen LogP contribution in [0.2, 0.25) is 0 Å². The van der Waals surface area contributed by atoms with E-state index in [1.165, 1.54) is 12.8 Å². The quantitative estimate of drug-likeness (QED) is 0.807. The van der Waals surface area contributed by atoms with Crippen LogP contribution in [0.3, 0.4) is 0 Å². The van der Waals surface area contributed by atoms with Crippen molar-refractivity contribution in [3.05, 3.63) is 11.7 Å². The maximum Gasteiger partial charge on any atom is 0.261 e. The summed E-state index contributed by atoms with van der Waals surface area (Å²) in [4.78, 5) is 4.35. The van der Waals surface area contributed by atoms with Crippen molar-refractivity contribution < 1.29 is 18.0 Å². The molecule has 20 heavy (non-hydrogen) atoms. The molecule has 1 aromatic heterocycles. The van der Waals surface area contributed by atoms with Crippen molar-refractivity contribution in [1.82, 2.24) is 10.1 Å².